The van der Waals surface area contributed by atoms with E-state index in [-0.39, 0.29) is 10.9 Å². The lowest BCUT2D eigenvalue weighted by molar-refractivity contribution is 0.303. The summed E-state index contributed by atoms with van der Waals surface area (Å²) in [5.41, 5.74) is 6.14. The zero-order valence-electron chi connectivity index (χ0n) is 11.3. The molecule has 106 valence electrons. The summed E-state index contributed by atoms with van der Waals surface area (Å²) in [6.07, 6.45) is 5.92. The SMILES string of the molecule is CC(NS(=O)(=O)c1ccc(N)cc1)C1CCCCC1. The van der Waals surface area contributed by atoms with Gasteiger partial charge in [0, 0.05) is 11.7 Å². The molecule has 1 aromatic carbocycles. The van der Waals surface area contributed by atoms with Crippen LogP contribution in [-0.4, -0.2) is 14.5 Å². The molecular formula is C14H22N2O2S. The molecule has 1 aromatic rings. The maximum Gasteiger partial charge on any atom is 0.240 e. The van der Waals surface area contributed by atoms with Gasteiger partial charge in [-0.05, 0) is 49.9 Å². The highest BCUT2D eigenvalue weighted by atomic mass is 32.2. The molecule has 0 spiro atoms. The average molecular weight is 282 g/mol. The van der Waals surface area contributed by atoms with E-state index in [4.69, 9.17) is 5.73 Å². The number of nitrogens with one attached hydrogen (secondary N) is 1. The molecule has 1 aliphatic carbocycles. The standard InChI is InChI=1S/C14H22N2O2S/c1-11(12-5-3-2-4-6-12)16-19(17,18)14-9-7-13(15)8-10-14/h7-12,16H,2-6,15H2,1H3. The summed E-state index contributed by atoms with van der Waals surface area (Å²) < 4.78 is 27.3. The fourth-order valence-corrected chi connectivity index (χ4v) is 4.00. The van der Waals surface area contributed by atoms with Crippen LogP contribution in [-0.2, 0) is 10.0 Å². The van der Waals surface area contributed by atoms with Gasteiger partial charge in [-0.2, -0.15) is 0 Å². The number of hydrogen-bond donors (Lipinski definition) is 2. The predicted octanol–water partition coefficient (Wildman–Crippen LogP) is 2.52. The van der Waals surface area contributed by atoms with Crippen LogP contribution in [0.4, 0.5) is 5.69 Å². The lowest BCUT2D eigenvalue weighted by Gasteiger charge is -2.28. The zero-order chi connectivity index (χ0) is 13.9. The summed E-state index contributed by atoms with van der Waals surface area (Å²) in [4.78, 5) is 0.282. The molecule has 0 aliphatic heterocycles. The van der Waals surface area contributed by atoms with E-state index in [1.54, 1.807) is 24.3 Å². The first-order chi connectivity index (χ1) is 8.99. The van der Waals surface area contributed by atoms with Crippen LogP contribution in [0.1, 0.15) is 39.0 Å². The van der Waals surface area contributed by atoms with E-state index in [1.165, 1.54) is 19.3 Å². The van der Waals surface area contributed by atoms with Gasteiger partial charge in [0.2, 0.25) is 10.0 Å². The molecule has 3 N–H and O–H groups in total. The van der Waals surface area contributed by atoms with Crippen LogP contribution in [0.2, 0.25) is 0 Å². The van der Waals surface area contributed by atoms with Crippen LogP contribution in [0.5, 0.6) is 0 Å². The lowest BCUT2D eigenvalue weighted by atomic mass is 9.85. The summed E-state index contributed by atoms with van der Waals surface area (Å²) in [5, 5.41) is 0. The molecule has 0 amide bonds. The Balaban J connectivity index is 2.05. The van der Waals surface area contributed by atoms with Crippen molar-refractivity contribution in [2.75, 3.05) is 5.73 Å². The first-order valence-electron chi connectivity index (χ1n) is 6.87. The van der Waals surface area contributed by atoms with Crippen LogP contribution in [0.3, 0.4) is 0 Å². The van der Waals surface area contributed by atoms with E-state index in [2.05, 4.69) is 4.72 Å². The normalized spacial score (nSPS) is 19.2. The maximum atomic E-state index is 12.2. The first kappa shape index (κ1) is 14.3. The molecular weight excluding hydrogens is 260 g/mol. The van der Waals surface area contributed by atoms with E-state index < -0.39 is 10.0 Å². The minimum Gasteiger partial charge on any atom is -0.399 e. The predicted molar refractivity (Wildman–Crippen MR) is 77.2 cm³/mol. The Morgan fingerprint density at radius 1 is 1.16 bits per heavy atom. The number of benzene rings is 1. The van der Waals surface area contributed by atoms with Gasteiger partial charge in [0.25, 0.3) is 0 Å². The lowest BCUT2D eigenvalue weighted by Crippen LogP contribution is -2.38. The second-order valence-electron chi connectivity index (χ2n) is 5.38. The third-order valence-electron chi connectivity index (χ3n) is 3.89. The molecule has 2 rings (SSSR count). The van der Waals surface area contributed by atoms with E-state index >= 15 is 0 Å². The molecule has 0 bridgehead atoms. The fraction of sp³-hybridized carbons (Fsp3) is 0.571. The fourth-order valence-electron chi connectivity index (χ4n) is 2.69. The number of sulfonamides is 1. The number of hydrogen-bond acceptors (Lipinski definition) is 3. The van der Waals surface area contributed by atoms with Crippen molar-refractivity contribution in [3.8, 4) is 0 Å². The molecule has 0 radical (unpaired) electrons. The third-order valence-corrected chi connectivity index (χ3v) is 5.46. The van der Waals surface area contributed by atoms with Crippen LogP contribution in [0.15, 0.2) is 29.2 Å². The van der Waals surface area contributed by atoms with Gasteiger partial charge >= 0.3 is 0 Å². The summed E-state index contributed by atoms with van der Waals surface area (Å²) in [7, 11) is -3.43. The van der Waals surface area contributed by atoms with Gasteiger partial charge < -0.3 is 5.73 Å². The van der Waals surface area contributed by atoms with E-state index in [9.17, 15) is 8.42 Å². The maximum absolute atomic E-state index is 12.2. The molecule has 1 saturated carbocycles. The Kier molecular flexibility index (Phi) is 4.47. The topological polar surface area (TPSA) is 72.2 Å². The van der Waals surface area contributed by atoms with Crippen molar-refractivity contribution in [1.29, 1.82) is 0 Å². The average Bonchev–Trinajstić information content (AvgIpc) is 2.40. The summed E-state index contributed by atoms with van der Waals surface area (Å²) in [5.74, 6) is 0.456. The highest BCUT2D eigenvalue weighted by Gasteiger charge is 2.24. The Labute approximate surface area is 115 Å². The summed E-state index contributed by atoms with van der Waals surface area (Å²) >= 11 is 0. The second kappa shape index (κ2) is 5.92. The van der Waals surface area contributed by atoms with Gasteiger partial charge in [-0.3, -0.25) is 0 Å². The molecule has 1 unspecified atom stereocenters. The Morgan fingerprint density at radius 3 is 2.32 bits per heavy atom. The van der Waals surface area contributed by atoms with Crippen LogP contribution in [0.25, 0.3) is 0 Å². The Morgan fingerprint density at radius 2 is 1.74 bits per heavy atom. The minimum atomic E-state index is -3.43. The van der Waals surface area contributed by atoms with Gasteiger partial charge in [-0.25, -0.2) is 13.1 Å². The van der Waals surface area contributed by atoms with Crippen molar-refractivity contribution in [3.63, 3.8) is 0 Å². The minimum absolute atomic E-state index is 0.0112. The number of anilines is 1. The smallest absolute Gasteiger partial charge is 0.240 e. The van der Waals surface area contributed by atoms with Gasteiger partial charge in [0.1, 0.15) is 0 Å². The van der Waals surface area contributed by atoms with E-state index in [0.717, 1.165) is 12.8 Å². The van der Waals surface area contributed by atoms with Crippen LogP contribution in [0, 0.1) is 5.92 Å². The molecule has 5 heteroatoms. The van der Waals surface area contributed by atoms with Crippen molar-refractivity contribution in [1.82, 2.24) is 4.72 Å². The van der Waals surface area contributed by atoms with E-state index in [1.807, 2.05) is 6.92 Å². The number of rotatable bonds is 4. The van der Waals surface area contributed by atoms with Gasteiger partial charge in [0.15, 0.2) is 0 Å². The summed E-state index contributed by atoms with van der Waals surface area (Å²) in [6, 6.07) is 6.30. The van der Waals surface area contributed by atoms with Crippen molar-refractivity contribution >= 4 is 15.7 Å². The van der Waals surface area contributed by atoms with Gasteiger partial charge in [0.05, 0.1) is 4.90 Å². The molecule has 0 saturated heterocycles. The Hall–Kier alpha value is -1.07. The second-order valence-corrected chi connectivity index (χ2v) is 7.09. The molecule has 4 nitrogen and oxygen atoms in total. The highest BCUT2D eigenvalue weighted by molar-refractivity contribution is 7.89. The largest absolute Gasteiger partial charge is 0.399 e. The molecule has 1 fully saturated rings. The third kappa shape index (κ3) is 3.70. The molecule has 1 atom stereocenters. The molecule has 0 heterocycles. The van der Waals surface area contributed by atoms with Crippen molar-refractivity contribution in [3.05, 3.63) is 24.3 Å². The zero-order valence-corrected chi connectivity index (χ0v) is 12.1. The van der Waals surface area contributed by atoms with Crippen molar-refractivity contribution in [2.24, 2.45) is 5.92 Å². The Bertz CT molecular complexity index is 505. The van der Waals surface area contributed by atoms with Gasteiger partial charge in [-0.15, -0.1) is 0 Å². The highest BCUT2D eigenvalue weighted by Crippen LogP contribution is 2.27. The van der Waals surface area contributed by atoms with Gasteiger partial charge in [-0.1, -0.05) is 19.3 Å². The first-order valence-corrected chi connectivity index (χ1v) is 8.35. The van der Waals surface area contributed by atoms with Crippen LogP contribution >= 0.6 is 0 Å². The van der Waals surface area contributed by atoms with E-state index in [0.29, 0.717) is 11.6 Å². The number of nitrogen functional groups attached to an aromatic ring is 1. The molecule has 1 aliphatic rings. The molecule has 19 heavy (non-hydrogen) atoms. The quantitative estimate of drug-likeness (QED) is 0.833. The summed E-state index contributed by atoms with van der Waals surface area (Å²) in [6.45, 7) is 1.96. The number of nitrogens with two attached hydrogens (primary N) is 1. The van der Waals surface area contributed by atoms with Crippen molar-refractivity contribution < 1.29 is 8.42 Å². The van der Waals surface area contributed by atoms with Crippen molar-refractivity contribution in [2.45, 2.75) is 50.0 Å². The monoisotopic (exact) mass is 282 g/mol. The molecule has 0 aromatic heterocycles. The van der Waals surface area contributed by atoms with Crippen LogP contribution < -0.4 is 10.5 Å².